The first-order valence-electron chi connectivity index (χ1n) is 4.57. The molecule has 1 heteroatoms. The standard InChI is InChI=1S/C11H14O/c1-2-3-4-7-10-8-5-6-9-11(10)12/h8H,2-3,5-6,9H2,1H3. The largest absolute Gasteiger partial charge is 0.293 e. The summed E-state index contributed by atoms with van der Waals surface area (Å²) in [4.78, 5) is 11.2. The zero-order chi connectivity index (χ0) is 8.81. The molecular formula is C11H14O. The van der Waals surface area contributed by atoms with Gasteiger partial charge in [-0.15, -0.1) is 0 Å². The van der Waals surface area contributed by atoms with Gasteiger partial charge in [0.05, 0.1) is 5.57 Å². The van der Waals surface area contributed by atoms with Crippen LogP contribution in [-0.4, -0.2) is 5.78 Å². The van der Waals surface area contributed by atoms with Crippen LogP contribution in [0.5, 0.6) is 0 Å². The van der Waals surface area contributed by atoms with Crippen LogP contribution in [0.1, 0.15) is 39.0 Å². The number of hydrogen-bond acceptors (Lipinski definition) is 1. The Labute approximate surface area is 73.9 Å². The summed E-state index contributed by atoms with van der Waals surface area (Å²) in [6.07, 6.45) is 6.62. The second kappa shape index (κ2) is 4.77. The molecule has 0 N–H and O–H groups in total. The molecule has 1 rings (SSSR count). The minimum absolute atomic E-state index is 0.227. The topological polar surface area (TPSA) is 17.1 Å². The molecule has 64 valence electrons. The minimum Gasteiger partial charge on any atom is -0.293 e. The van der Waals surface area contributed by atoms with Crippen LogP contribution in [-0.2, 0) is 4.79 Å². The molecule has 0 aromatic carbocycles. The van der Waals surface area contributed by atoms with Gasteiger partial charge in [-0.05, 0) is 19.3 Å². The van der Waals surface area contributed by atoms with Gasteiger partial charge in [0.2, 0.25) is 0 Å². The van der Waals surface area contributed by atoms with Crippen LogP contribution < -0.4 is 0 Å². The first-order chi connectivity index (χ1) is 5.84. The monoisotopic (exact) mass is 162 g/mol. The molecular weight excluding hydrogens is 148 g/mol. The van der Waals surface area contributed by atoms with Crippen LogP contribution in [0.2, 0.25) is 0 Å². The fourth-order valence-electron chi connectivity index (χ4n) is 1.16. The first kappa shape index (κ1) is 9.06. The lowest BCUT2D eigenvalue weighted by atomic mass is 9.98. The van der Waals surface area contributed by atoms with Crippen molar-refractivity contribution in [2.75, 3.05) is 0 Å². The van der Waals surface area contributed by atoms with Crippen molar-refractivity contribution in [2.24, 2.45) is 0 Å². The first-order valence-corrected chi connectivity index (χ1v) is 4.57. The molecule has 1 aliphatic carbocycles. The second-order valence-electron chi connectivity index (χ2n) is 2.98. The van der Waals surface area contributed by atoms with Crippen LogP contribution in [0.3, 0.4) is 0 Å². The van der Waals surface area contributed by atoms with Crippen molar-refractivity contribution in [1.29, 1.82) is 0 Å². The van der Waals surface area contributed by atoms with Gasteiger partial charge < -0.3 is 0 Å². The van der Waals surface area contributed by atoms with E-state index in [1.54, 1.807) is 0 Å². The smallest absolute Gasteiger partial charge is 0.170 e. The van der Waals surface area contributed by atoms with Crippen molar-refractivity contribution in [3.63, 3.8) is 0 Å². The highest BCUT2D eigenvalue weighted by molar-refractivity contribution is 6.00. The van der Waals surface area contributed by atoms with Crippen molar-refractivity contribution in [2.45, 2.75) is 39.0 Å². The Kier molecular flexibility index (Phi) is 3.60. The highest BCUT2D eigenvalue weighted by Gasteiger charge is 2.10. The van der Waals surface area contributed by atoms with E-state index in [4.69, 9.17) is 0 Å². The van der Waals surface area contributed by atoms with Gasteiger partial charge in [-0.3, -0.25) is 4.79 Å². The van der Waals surface area contributed by atoms with E-state index in [1.165, 1.54) is 0 Å². The van der Waals surface area contributed by atoms with E-state index in [1.807, 2.05) is 6.08 Å². The summed E-state index contributed by atoms with van der Waals surface area (Å²) >= 11 is 0. The second-order valence-corrected chi connectivity index (χ2v) is 2.98. The van der Waals surface area contributed by atoms with E-state index in [0.29, 0.717) is 6.42 Å². The van der Waals surface area contributed by atoms with Crippen LogP contribution >= 0.6 is 0 Å². The zero-order valence-corrected chi connectivity index (χ0v) is 7.52. The summed E-state index contributed by atoms with van der Waals surface area (Å²) in [6, 6.07) is 0. The van der Waals surface area contributed by atoms with E-state index in [2.05, 4.69) is 18.8 Å². The molecule has 0 aliphatic heterocycles. The van der Waals surface area contributed by atoms with Gasteiger partial charge >= 0.3 is 0 Å². The van der Waals surface area contributed by atoms with Crippen LogP contribution in [0.25, 0.3) is 0 Å². The van der Waals surface area contributed by atoms with Gasteiger partial charge in [-0.25, -0.2) is 0 Å². The number of ketones is 1. The van der Waals surface area contributed by atoms with Crippen molar-refractivity contribution >= 4 is 5.78 Å². The highest BCUT2D eigenvalue weighted by atomic mass is 16.1. The predicted octanol–water partition coefficient (Wildman–Crippen LogP) is 2.47. The average Bonchev–Trinajstić information content (AvgIpc) is 2.09. The minimum atomic E-state index is 0.227. The van der Waals surface area contributed by atoms with Crippen LogP contribution in [0.4, 0.5) is 0 Å². The van der Waals surface area contributed by atoms with Gasteiger partial charge in [0.15, 0.2) is 5.78 Å². The predicted molar refractivity (Wildman–Crippen MR) is 49.6 cm³/mol. The van der Waals surface area contributed by atoms with Crippen molar-refractivity contribution in [1.82, 2.24) is 0 Å². The van der Waals surface area contributed by atoms with Crippen LogP contribution in [0.15, 0.2) is 11.6 Å². The molecule has 0 bridgehead atoms. The summed E-state index contributed by atoms with van der Waals surface area (Å²) in [5, 5.41) is 0. The molecule has 0 fully saturated rings. The molecule has 0 saturated carbocycles. The lowest BCUT2D eigenvalue weighted by Gasteiger charge is -2.04. The Bertz CT molecular complexity index is 250. The van der Waals surface area contributed by atoms with Crippen molar-refractivity contribution in [3.05, 3.63) is 11.6 Å². The fraction of sp³-hybridized carbons (Fsp3) is 0.545. The number of Topliss-reactive ketones (excluding diaryl/α,β-unsaturated/α-hetero) is 1. The molecule has 0 aromatic rings. The van der Waals surface area contributed by atoms with E-state index in [9.17, 15) is 4.79 Å². The number of unbranched alkanes of at least 4 members (excludes halogenated alkanes) is 1. The van der Waals surface area contributed by atoms with E-state index < -0.39 is 0 Å². The molecule has 1 aliphatic rings. The molecule has 0 atom stereocenters. The van der Waals surface area contributed by atoms with E-state index >= 15 is 0 Å². The third-order valence-corrected chi connectivity index (χ3v) is 1.85. The number of carbonyl (C=O) groups is 1. The van der Waals surface area contributed by atoms with E-state index in [0.717, 1.165) is 31.3 Å². The number of carbonyl (C=O) groups excluding carboxylic acids is 1. The molecule has 0 heterocycles. The summed E-state index contributed by atoms with van der Waals surface area (Å²) in [6.45, 7) is 2.09. The van der Waals surface area contributed by atoms with Crippen molar-refractivity contribution < 1.29 is 4.79 Å². The quantitative estimate of drug-likeness (QED) is 0.541. The summed E-state index contributed by atoms with van der Waals surface area (Å²) in [5.41, 5.74) is 0.745. The Balaban J connectivity index is 2.56. The maximum Gasteiger partial charge on any atom is 0.170 e. The Morgan fingerprint density at radius 2 is 2.42 bits per heavy atom. The summed E-state index contributed by atoms with van der Waals surface area (Å²) < 4.78 is 0. The maximum absolute atomic E-state index is 11.2. The lowest BCUT2D eigenvalue weighted by Crippen LogP contribution is -2.04. The number of rotatable bonds is 1. The molecule has 0 radical (unpaired) electrons. The highest BCUT2D eigenvalue weighted by Crippen LogP contribution is 2.12. The van der Waals surface area contributed by atoms with E-state index in [-0.39, 0.29) is 5.78 Å². The third-order valence-electron chi connectivity index (χ3n) is 1.85. The molecule has 12 heavy (non-hydrogen) atoms. The molecule has 0 unspecified atom stereocenters. The fourth-order valence-corrected chi connectivity index (χ4v) is 1.16. The van der Waals surface area contributed by atoms with Gasteiger partial charge in [-0.2, -0.15) is 0 Å². The Hall–Kier alpha value is -1.03. The molecule has 1 nitrogen and oxygen atoms in total. The average molecular weight is 162 g/mol. The number of hydrogen-bond donors (Lipinski definition) is 0. The molecule has 0 amide bonds. The Morgan fingerprint density at radius 1 is 1.58 bits per heavy atom. The maximum atomic E-state index is 11.2. The van der Waals surface area contributed by atoms with Gasteiger partial charge in [0, 0.05) is 12.8 Å². The van der Waals surface area contributed by atoms with Gasteiger partial charge in [0.1, 0.15) is 0 Å². The zero-order valence-electron chi connectivity index (χ0n) is 7.52. The van der Waals surface area contributed by atoms with Crippen LogP contribution in [0, 0.1) is 11.8 Å². The third kappa shape index (κ3) is 2.54. The number of allylic oxidation sites excluding steroid dienone is 2. The molecule has 0 saturated heterocycles. The van der Waals surface area contributed by atoms with Gasteiger partial charge in [-0.1, -0.05) is 24.8 Å². The van der Waals surface area contributed by atoms with Crippen molar-refractivity contribution in [3.8, 4) is 11.8 Å². The normalized spacial score (nSPS) is 16.4. The SMILES string of the molecule is CCCC#CC1=CCCCC1=O. The molecule has 0 aromatic heterocycles. The van der Waals surface area contributed by atoms with Gasteiger partial charge in [0.25, 0.3) is 0 Å². The Morgan fingerprint density at radius 3 is 3.08 bits per heavy atom. The molecule has 0 spiro atoms. The lowest BCUT2D eigenvalue weighted by molar-refractivity contribution is -0.115. The summed E-state index contributed by atoms with van der Waals surface area (Å²) in [7, 11) is 0. The summed E-state index contributed by atoms with van der Waals surface area (Å²) in [5.74, 6) is 6.16.